The van der Waals surface area contributed by atoms with E-state index in [0.29, 0.717) is 6.04 Å². The molecule has 1 aromatic heterocycles. The van der Waals surface area contributed by atoms with Gasteiger partial charge in [0.1, 0.15) is 5.75 Å². The van der Waals surface area contributed by atoms with Crippen molar-refractivity contribution in [2.24, 2.45) is 0 Å². The number of methoxy groups -OCH3 is 1. The van der Waals surface area contributed by atoms with Crippen LogP contribution < -0.4 is 10.1 Å². The van der Waals surface area contributed by atoms with Crippen molar-refractivity contribution in [3.05, 3.63) is 45.9 Å². The van der Waals surface area contributed by atoms with Crippen LogP contribution in [-0.2, 0) is 12.8 Å². The summed E-state index contributed by atoms with van der Waals surface area (Å²) in [6.45, 7) is 5.29. The van der Waals surface area contributed by atoms with Crippen LogP contribution in [0.25, 0.3) is 0 Å². The summed E-state index contributed by atoms with van der Waals surface area (Å²) in [5.74, 6) is 0.920. The lowest BCUT2D eigenvalue weighted by atomic mass is 10.1. The number of rotatable bonds is 8. The van der Waals surface area contributed by atoms with Gasteiger partial charge in [0, 0.05) is 30.1 Å². The molecule has 1 heterocycles. The largest absolute Gasteiger partial charge is 0.497 e. The van der Waals surface area contributed by atoms with Crippen LogP contribution in [0, 0.1) is 6.92 Å². The highest BCUT2D eigenvalue weighted by molar-refractivity contribution is 7.09. The Hall–Kier alpha value is -1.39. The Morgan fingerprint density at radius 3 is 2.62 bits per heavy atom. The summed E-state index contributed by atoms with van der Waals surface area (Å²) < 4.78 is 5.17. The van der Waals surface area contributed by atoms with Crippen LogP contribution in [0.2, 0.25) is 0 Å². The Bertz CT molecular complexity index is 536. The van der Waals surface area contributed by atoms with Crippen molar-refractivity contribution in [3.8, 4) is 5.75 Å². The molecule has 0 saturated carbocycles. The summed E-state index contributed by atoms with van der Waals surface area (Å²) in [5, 5.41) is 6.91. The van der Waals surface area contributed by atoms with Crippen molar-refractivity contribution in [3.63, 3.8) is 0 Å². The van der Waals surface area contributed by atoms with Crippen molar-refractivity contribution in [2.45, 2.75) is 39.2 Å². The molecule has 2 aromatic rings. The Morgan fingerprint density at radius 2 is 2.00 bits per heavy atom. The molecule has 0 radical (unpaired) electrons. The molecule has 1 atom stereocenters. The van der Waals surface area contributed by atoms with Crippen molar-refractivity contribution in [2.75, 3.05) is 13.7 Å². The summed E-state index contributed by atoms with van der Waals surface area (Å²) in [6.07, 6.45) is 3.25. The number of nitrogens with zero attached hydrogens (tertiary/aromatic N) is 1. The topological polar surface area (TPSA) is 34.1 Å². The lowest BCUT2D eigenvalue weighted by Gasteiger charge is -2.13. The van der Waals surface area contributed by atoms with Crippen LogP contribution in [0.5, 0.6) is 5.75 Å². The zero-order chi connectivity index (χ0) is 15.1. The molecule has 0 saturated heterocycles. The van der Waals surface area contributed by atoms with Gasteiger partial charge in [0.25, 0.3) is 0 Å². The van der Waals surface area contributed by atoms with E-state index < -0.39 is 0 Å². The first kappa shape index (κ1) is 16.0. The molecule has 0 spiro atoms. The van der Waals surface area contributed by atoms with Crippen LogP contribution in [-0.4, -0.2) is 24.7 Å². The monoisotopic (exact) mass is 304 g/mol. The number of hydrogen-bond acceptors (Lipinski definition) is 4. The molecule has 0 aliphatic rings. The molecule has 2 rings (SSSR count). The second-order valence-corrected chi connectivity index (χ2v) is 6.32. The van der Waals surface area contributed by atoms with Crippen molar-refractivity contribution < 1.29 is 4.74 Å². The fourth-order valence-electron chi connectivity index (χ4n) is 2.22. The number of aryl methyl sites for hydroxylation is 2. The maximum atomic E-state index is 5.17. The predicted molar refractivity (Wildman–Crippen MR) is 89.3 cm³/mol. The second kappa shape index (κ2) is 8.15. The smallest absolute Gasteiger partial charge is 0.118 e. The van der Waals surface area contributed by atoms with Crippen molar-refractivity contribution in [1.29, 1.82) is 0 Å². The molecule has 1 unspecified atom stereocenters. The van der Waals surface area contributed by atoms with Gasteiger partial charge in [-0.05, 0) is 44.4 Å². The third kappa shape index (κ3) is 5.48. The molecule has 4 heteroatoms. The summed E-state index contributed by atoms with van der Waals surface area (Å²) in [7, 11) is 1.70. The molecule has 114 valence electrons. The quantitative estimate of drug-likeness (QED) is 0.809. The van der Waals surface area contributed by atoms with E-state index in [4.69, 9.17) is 4.74 Å². The zero-order valence-electron chi connectivity index (χ0n) is 13.1. The molecular weight excluding hydrogens is 280 g/mol. The minimum atomic E-state index is 0.521. The molecule has 0 aliphatic heterocycles. The summed E-state index contributed by atoms with van der Waals surface area (Å²) in [5.41, 5.74) is 2.49. The van der Waals surface area contributed by atoms with Crippen molar-refractivity contribution in [1.82, 2.24) is 10.3 Å². The van der Waals surface area contributed by atoms with Crippen LogP contribution in [0.4, 0.5) is 0 Å². The van der Waals surface area contributed by atoms with Gasteiger partial charge >= 0.3 is 0 Å². The molecule has 0 bridgehead atoms. The van der Waals surface area contributed by atoms with Gasteiger partial charge in [0.2, 0.25) is 0 Å². The minimum absolute atomic E-state index is 0.521. The molecule has 1 N–H and O–H groups in total. The molecule has 21 heavy (non-hydrogen) atoms. The van der Waals surface area contributed by atoms with Crippen LogP contribution in [0.15, 0.2) is 29.6 Å². The molecule has 0 aliphatic carbocycles. The van der Waals surface area contributed by atoms with E-state index in [0.717, 1.165) is 37.3 Å². The van der Waals surface area contributed by atoms with E-state index in [-0.39, 0.29) is 0 Å². The summed E-state index contributed by atoms with van der Waals surface area (Å²) in [4.78, 5) is 4.48. The average molecular weight is 304 g/mol. The number of benzene rings is 1. The van der Waals surface area contributed by atoms with Gasteiger partial charge in [-0.2, -0.15) is 0 Å². The highest BCUT2D eigenvalue weighted by Crippen LogP contribution is 2.13. The first-order valence-corrected chi connectivity index (χ1v) is 8.32. The van der Waals surface area contributed by atoms with Gasteiger partial charge in [-0.15, -0.1) is 11.3 Å². The van der Waals surface area contributed by atoms with Gasteiger partial charge in [0.05, 0.1) is 12.1 Å². The van der Waals surface area contributed by atoms with Gasteiger partial charge in [-0.25, -0.2) is 4.98 Å². The second-order valence-electron chi connectivity index (χ2n) is 5.37. The maximum absolute atomic E-state index is 5.17. The van der Waals surface area contributed by atoms with E-state index in [9.17, 15) is 0 Å². The number of thiazole rings is 1. The molecular formula is C17H24N2OS. The molecule has 0 amide bonds. The first-order chi connectivity index (χ1) is 10.2. The fourth-order valence-corrected chi connectivity index (χ4v) is 3.00. The third-order valence-electron chi connectivity index (χ3n) is 3.52. The molecule has 3 nitrogen and oxygen atoms in total. The number of nitrogens with one attached hydrogen (secondary N) is 1. The van der Waals surface area contributed by atoms with Gasteiger partial charge in [0.15, 0.2) is 0 Å². The van der Waals surface area contributed by atoms with Gasteiger partial charge < -0.3 is 10.1 Å². The fraction of sp³-hybridized carbons (Fsp3) is 0.471. The van der Waals surface area contributed by atoms with Crippen LogP contribution in [0.3, 0.4) is 0 Å². The van der Waals surface area contributed by atoms with Crippen LogP contribution in [0.1, 0.15) is 29.6 Å². The highest BCUT2D eigenvalue weighted by Gasteiger charge is 2.04. The van der Waals surface area contributed by atoms with Gasteiger partial charge in [-0.1, -0.05) is 12.1 Å². The highest BCUT2D eigenvalue weighted by atomic mass is 32.1. The zero-order valence-corrected chi connectivity index (χ0v) is 13.9. The number of aromatic nitrogens is 1. The summed E-state index contributed by atoms with van der Waals surface area (Å²) in [6, 6.07) is 8.86. The van der Waals surface area contributed by atoms with E-state index in [1.807, 2.05) is 19.1 Å². The summed E-state index contributed by atoms with van der Waals surface area (Å²) >= 11 is 1.75. The molecule has 1 aromatic carbocycles. The Kier molecular flexibility index (Phi) is 6.21. The van der Waals surface area contributed by atoms with E-state index in [2.05, 4.69) is 34.7 Å². The lowest BCUT2D eigenvalue weighted by Crippen LogP contribution is -2.28. The SMILES string of the molecule is COc1ccc(CCC(C)NCCc2nc(C)cs2)cc1. The maximum Gasteiger partial charge on any atom is 0.118 e. The van der Waals surface area contributed by atoms with E-state index >= 15 is 0 Å². The Balaban J connectivity index is 1.65. The first-order valence-electron chi connectivity index (χ1n) is 7.44. The van der Waals surface area contributed by atoms with Crippen LogP contribution >= 0.6 is 11.3 Å². The standard InChI is InChI=1S/C17H24N2OS/c1-13(18-11-10-17-19-14(2)12-21-17)4-5-15-6-8-16(20-3)9-7-15/h6-9,12-13,18H,4-5,10-11H2,1-3H3. The van der Waals surface area contributed by atoms with Gasteiger partial charge in [-0.3, -0.25) is 0 Å². The van der Waals surface area contributed by atoms with E-state index in [1.165, 1.54) is 10.6 Å². The number of ether oxygens (including phenoxy) is 1. The minimum Gasteiger partial charge on any atom is -0.497 e. The number of hydrogen-bond donors (Lipinski definition) is 1. The average Bonchev–Trinajstić information content (AvgIpc) is 2.91. The Labute approximate surface area is 131 Å². The Morgan fingerprint density at radius 1 is 1.24 bits per heavy atom. The molecule has 0 fully saturated rings. The lowest BCUT2D eigenvalue weighted by molar-refractivity contribution is 0.414. The van der Waals surface area contributed by atoms with E-state index in [1.54, 1.807) is 18.4 Å². The predicted octanol–water partition coefficient (Wildman–Crippen LogP) is 3.61. The normalized spacial score (nSPS) is 12.3. The third-order valence-corrected chi connectivity index (χ3v) is 4.55. The van der Waals surface area contributed by atoms with Crippen molar-refractivity contribution >= 4 is 11.3 Å².